The van der Waals surface area contributed by atoms with Crippen molar-refractivity contribution in [1.82, 2.24) is 10.6 Å². The van der Waals surface area contributed by atoms with Crippen molar-refractivity contribution in [3.8, 4) is 5.75 Å². The quantitative estimate of drug-likeness (QED) is 0.171. The van der Waals surface area contributed by atoms with Gasteiger partial charge in [0.1, 0.15) is 12.4 Å². The van der Waals surface area contributed by atoms with Crippen molar-refractivity contribution in [2.24, 2.45) is 4.99 Å². The third kappa shape index (κ3) is 9.22. The third-order valence-electron chi connectivity index (χ3n) is 4.62. The highest BCUT2D eigenvalue weighted by atomic mass is 127. The lowest BCUT2D eigenvalue weighted by molar-refractivity contribution is -0.116. The number of amides is 1. The molecule has 176 valence electrons. The second-order valence-corrected chi connectivity index (χ2v) is 7.42. The van der Waals surface area contributed by atoms with Crippen LogP contribution >= 0.6 is 35.6 Å². The van der Waals surface area contributed by atoms with Crippen molar-refractivity contribution >= 4 is 53.1 Å². The summed E-state index contributed by atoms with van der Waals surface area (Å²) in [5.41, 5.74) is 3.71. The Labute approximate surface area is 212 Å². The van der Waals surface area contributed by atoms with Gasteiger partial charge in [0.15, 0.2) is 5.96 Å². The molecule has 9 heteroatoms. The van der Waals surface area contributed by atoms with Crippen LogP contribution in [0.25, 0.3) is 0 Å². The Morgan fingerprint density at radius 3 is 2.62 bits per heavy atom. The smallest absolute Gasteiger partial charge is 0.226 e. The van der Waals surface area contributed by atoms with E-state index < -0.39 is 0 Å². The number of rotatable bonds is 10. The molecule has 2 rings (SSSR count). The van der Waals surface area contributed by atoms with Crippen LogP contribution in [0.2, 0.25) is 5.02 Å². The molecule has 0 spiro atoms. The lowest BCUT2D eigenvalue weighted by Crippen LogP contribution is -2.38. The Balaban J connectivity index is 0.00000512. The normalized spacial score (nSPS) is 10.8. The second-order valence-electron chi connectivity index (χ2n) is 7.02. The van der Waals surface area contributed by atoms with Gasteiger partial charge in [-0.2, -0.15) is 0 Å². The molecule has 3 N–H and O–H groups in total. The summed E-state index contributed by atoms with van der Waals surface area (Å²) < 4.78 is 10.9. The first kappa shape index (κ1) is 28.0. The number of carbonyl (C=O) groups excluding carboxylic acids is 1. The number of guanidine groups is 1. The Bertz CT molecular complexity index is 909. The number of aryl methyl sites for hydroxylation is 1. The van der Waals surface area contributed by atoms with Crippen molar-refractivity contribution in [1.29, 1.82) is 0 Å². The fourth-order valence-corrected chi connectivity index (χ4v) is 3.00. The first-order valence-corrected chi connectivity index (χ1v) is 10.5. The number of aliphatic imine (C=N–C) groups is 1. The molecule has 0 aliphatic rings. The highest BCUT2D eigenvalue weighted by Gasteiger charge is 2.09. The van der Waals surface area contributed by atoms with E-state index in [1.807, 2.05) is 44.2 Å². The minimum absolute atomic E-state index is 0. The Morgan fingerprint density at radius 1 is 1.12 bits per heavy atom. The lowest BCUT2D eigenvalue weighted by Gasteiger charge is -2.15. The van der Waals surface area contributed by atoms with Crippen LogP contribution in [-0.4, -0.2) is 45.8 Å². The molecule has 0 radical (unpaired) electrons. The van der Waals surface area contributed by atoms with Gasteiger partial charge in [0, 0.05) is 49.9 Å². The molecule has 0 fully saturated rings. The highest BCUT2D eigenvalue weighted by Crippen LogP contribution is 2.23. The molecule has 1 amide bonds. The summed E-state index contributed by atoms with van der Waals surface area (Å²) in [5, 5.41) is 9.93. The lowest BCUT2D eigenvalue weighted by atomic mass is 10.1. The Kier molecular flexibility index (Phi) is 13.0. The van der Waals surface area contributed by atoms with Gasteiger partial charge >= 0.3 is 0 Å². The molecule has 32 heavy (non-hydrogen) atoms. The summed E-state index contributed by atoms with van der Waals surface area (Å²) in [6.07, 6.45) is 0.294. The molecule has 0 atom stereocenters. The van der Waals surface area contributed by atoms with E-state index in [4.69, 9.17) is 21.1 Å². The highest BCUT2D eigenvalue weighted by molar-refractivity contribution is 14.0. The largest absolute Gasteiger partial charge is 0.491 e. The maximum absolute atomic E-state index is 12.2. The van der Waals surface area contributed by atoms with Crippen LogP contribution in [0, 0.1) is 13.8 Å². The number of nitrogens with zero attached hydrogens (tertiary/aromatic N) is 1. The molecule has 0 unspecified atom stereocenters. The molecule has 0 saturated carbocycles. The Hall–Kier alpha value is -2.04. The first-order chi connectivity index (χ1) is 14.9. The van der Waals surface area contributed by atoms with E-state index in [1.54, 1.807) is 20.2 Å². The number of anilines is 1. The van der Waals surface area contributed by atoms with Gasteiger partial charge in [0.25, 0.3) is 0 Å². The van der Waals surface area contributed by atoms with Crippen molar-refractivity contribution in [3.63, 3.8) is 0 Å². The van der Waals surface area contributed by atoms with Crippen molar-refractivity contribution < 1.29 is 14.3 Å². The maximum Gasteiger partial charge on any atom is 0.226 e. The van der Waals surface area contributed by atoms with Gasteiger partial charge in [0.2, 0.25) is 5.91 Å². The fourth-order valence-electron chi connectivity index (χ4n) is 2.83. The van der Waals surface area contributed by atoms with Crippen molar-refractivity contribution in [3.05, 3.63) is 58.1 Å². The van der Waals surface area contributed by atoms with Crippen LogP contribution in [0.15, 0.2) is 41.4 Å². The van der Waals surface area contributed by atoms with Crippen LogP contribution in [0.5, 0.6) is 5.75 Å². The molecule has 0 saturated heterocycles. The van der Waals surface area contributed by atoms with Gasteiger partial charge < -0.3 is 25.4 Å². The van der Waals surface area contributed by atoms with Gasteiger partial charge in [-0.25, -0.2) is 0 Å². The summed E-state index contributed by atoms with van der Waals surface area (Å²) in [4.78, 5) is 16.5. The molecule has 2 aromatic carbocycles. The summed E-state index contributed by atoms with van der Waals surface area (Å²) in [6, 6.07) is 11.5. The number of benzene rings is 2. The zero-order chi connectivity index (χ0) is 22.6. The minimum atomic E-state index is -0.0966. The van der Waals surface area contributed by atoms with Gasteiger partial charge in [-0.15, -0.1) is 24.0 Å². The predicted octanol–water partition coefficient (Wildman–Crippen LogP) is 4.29. The number of methoxy groups -OCH3 is 1. The number of hydrogen-bond acceptors (Lipinski definition) is 4. The molecule has 0 aromatic heterocycles. The van der Waals surface area contributed by atoms with Crippen LogP contribution in [0.1, 0.15) is 23.1 Å². The van der Waals surface area contributed by atoms with Crippen LogP contribution in [0.4, 0.5) is 5.69 Å². The van der Waals surface area contributed by atoms with E-state index in [0.29, 0.717) is 43.7 Å². The van der Waals surface area contributed by atoms with E-state index >= 15 is 0 Å². The second kappa shape index (κ2) is 14.9. The summed E-state index contributed by atoms with van der Waals surface area (Å²) in [5.74, 6) is 1.33. The number of halogens is 2. The van der Waals surface area contributed by atoms with Gasteiger partial charge in [0.05, 0.1) is 6.61 Å². The van der Waals surface area contributed by atoms with E-state index in [2.05, 4.69) is 20.9 Å². The molecule has 2 aromatic rings. The number of carbonyl (C=O) groups is 1. The molecule has 0 aliphatic heterocycles. The predicted molar refractivity (Wildman–Crippen MR) is 142 cm³/mol. The van der Waals surface area contributed by atoms with E-state index in [0.717, 1.165) is 28.1 Å². The molecule has 0 heterocycles. The van der Waals surface area contributed by atoms with Crippen LogP contribution in [0.3, 0.4) is 0 Å². The fraction of sp³-hybridized carbons (Fsp3) is 0.391. The maximum atomic E-state index is 12.2. The molecular weight excluding hydrogens is 543 g/mol. The number of nitrogens with one attached hydrogen (secondary N) is 3. The minimum Gasteiger partial charge on any atom is -0.491 e. The molecule has 7 nitrogen and oxygen atoms in total. The Morgan fingerprint density at radius 2 is 1.91 bits per heavy atom. The zero-order valence-electron chi connectivity index (χ0n) is 19.0. The topological polar surface area (TPSA) is 84.0 Å². The van der Waals surface area contributed by atoms with Crippen molar-refractivity contribution in [2.45, 2.75) is 26.8 Å². The zero-order valence-corrected chi connectivity index (χ0v) is 22.0. The number of ether oxygens (including phenoxy) is 2. The van der Waals surface area contributed by atoms with E-state index in [1.165, 1.54) is 0 Å². The van der Waals surface area contributed by atoms with Gasteiger partial charge in [-0.05, 0) is 43.2 Å². The van der Waals surface area contributed by atoms with E-state index in [-0.39, 0.29) is 29.9 Å². The van der Waals surface area contributed by atoms with E-state index in [9.17, 15) is 4.79 Å². The summed E-state index contributed by atoms with van der Waals surface area (Å²) in [7, 11) is 3.34. The molecule has 0 aliphatic carbocycles. The molecule has 0 bridgehead atoms. The summed E-state index contributed by atoms with van der Waals surface area (Å²) in [6.45, 7) is 5.89. The van der Waals surface area contributed by atoms with Crippen LogP contribution < -0.4 is 20.7 Å². The average Bonchev–Trinajstić information content (AvgIpc) is 2.75. The third-order valence-corrected chi connectivity index (χ3v) is 5.03. The van der Waals surface area contributed by atoms with Gasteiger partial charge in [-0.3, -0.25) is 9.79 Å². The van der Waals surface area contributed by atoms with Crippen molar-refractivity contribution in [2.75, 3.05) is 39.2 Å². The monoisotopic (exact) mass is 574 g/mol. The van der Waals surface area contributed by atoms with Crippen LogP contribution in [-0.2, 0) is 16.1 Å². The van der Waals surface area contributed by atoms with Gasteiger partial charge in [-0.1, -0.05) is 29.8 Å². The summed E-state index contributed by atoms with van der Waals surface area (Å²) >= 11 is 6.10. The standard InChI is InChI=1S/C23H31ClN4O3.HI/c1-16-8-9-18(21(14-16)31-13-12-30-4)15-27-23(25-3)26-11-10-22(29)28-20-7-5-6-19(24)17(20)2;/h5-9,14H,10-13,15H2,1-4H3,(H,28,29)(H2,25,26,27);1H. The SMILES string of the molecule is CN=C(NCCC(=O)Nc1cccc(Cl)c1C)NCc1ccc(C)cc1OCCOC.I. The first-order valence-electron chi connectivity index (χ1n) is 10.1. The molecular formula is C23H32ClIN4O3. The number of hydrogen-bond donors (Lipinski definition) is 3. The average molecular weight is 575 g/mol.